The molecule has 3 rings (SSSR count). The molecule has 194 valence electrons. The number of aliphatic carboxylic acids is 1. The van der Waals surface area contributed by atoms with Crippen LogP contribution in [0.4, 0.5) is 0 Å². The van der Waals surface area contributed by atoms with Crippen molar-refractivity contribution in [1.82, 2.24) is 0 Å². The predicted octanol–water partition coefficient (Wildman–Crippen LogP) is 5.08. The van der Waals surface area contributed by atoms with Crippen LogP contribution in [-0.2, 0) is 26.8 Å². The van der Waals surface area contributed by atoms with E-state index in [1.165, 1.54) is 6.07 Å². The number of aryl methyl sites for hydroxylation is 1. The Bertz CT molecular complexity index is 1250. The molecule has 8 heteroatoms. The van der Waals surface area contributed by atoms with E-state index >= 15 is 0 Å². The van der Waals surface area contributed by atoms with Crippen LogP contribution in [0, 0.1) is 0 Å². The third kappa shape index (κ3) is 8.39. The summed E-state index contributed by atoms with van der Waals surface area (Å²) in [6.07, 6.45) is 1.48. The van der Waals surface area contributed by atoms with Gasteiger partial charge in [0.1, 0.15) is 5.75 Å². The first-order valence-corrected chi connectivity index (χ1v) is 13.4. The maximum Gasteiger partial charge on any atom is 0.338 e. The number of carbonyl (C=O) groups excluding carboxylic acids is 2. The van der Waals surface area contributed by atoms with Crippen molar-refractivity contribution in [2.45, 2.75) is 37.5 Å². The van der Waals surface area contributed by atoms with E-state index in [2.05, 4.69) is 0 Å². The Morgan fingerprint density at radius 1 is 0.865 bits per heavy atom. The first-order chi connectivity index (χ1) is 17.9. The second kappa shape index (κ2) is 14.1. The number of unbranched alkanes of at least 4 members (excludes halogenated alkanes) is 1. The second-order valence-electron chi connectivity index (χ2n) is 8.26. The lowest BCUT2D eigenvalue weighted by Gasteiger charge is -2.13. The van der Waals surface area contributed by atoms with E-state index in [0.717, 1.165) is 4.90 Å². The first-order valence-electron chi connectivity index (χ1n) is 12.1. The standard InChI is InChI=1S/C29H30O7S/c1-2-35-29(33)24-10-8-9-22(20-24)28(32)23-13-15-26(21(19-23)14-16-27(30)31)36-17-6-7-18-37(34)25-11-4-3-5-12-25/h3-5,8-13,15,19-20H,2,6-7,14,16-18H2,1H3,(H,30,31). The van der Waals surface area contributed by atoms with Crippen molar-refractivity contribution < 1.29 is 33.2 Å². The summed E-state index contributed by atoms with van der Waals surface area (Å²) >= 11 is 0. The molecule has 0 aliphatic heterocycles. The van der Waals surface area contributed by atoms with Gasteiger partial charge in [0.15, 0.2) is 5.78 Å². The van der Waals surface area contributed by atoms with Gasteiger partial charge in [0.05, 0.1) is 29.6 Å². The molecule has 0 spiro atoms. The molecule has 0 aliphatic carbocycles. The molecular formula is C29H30O7S. The zero-order valence-corrected chi connectivity index (χ0v) is 21.5. The molecule has 1 atom stereocenters. The average Bonchev–Trinajstić information content (AvgIpc) is 2.92. The van der Waals surface area contributed by atoms with E-state index < -0.39 is 22.7 Å². The minimum absolute atomic E-state index is 0.109. The lowest BCUT2D eigenvalue weighted by atomic mass is 9.98. The zero-order chi connectivity index (χ0) is 26.6. The Hall–Kier alpha value is -3.78. The fourth-order valence-electron chi connectivity index (χ4n) is 3.67. The highest BCUT2D eigenvalue weighted by Crippen LogP contribution is 2.24. The first kappa shape index (κ1) is 27.8. The average molecular weight is 523 g/mol. The van der Waals surface area contributed by atoms with Crippen LogP contribution < -0.4 is 4.74 Å². The van der Waals surface area contributed by atoms with Gasteiger partial charge in [-0.2, -0.15) is 0 Å². The fourth-order valence-corrected chi connectivity index (χ4v) is 4.84. The number of rotatable bonds is 14. The molecule has 1 N–H and O–H groups in total. The molecule has 0 aromatic heterocycles. The summed E-state index contributed by atoms with van der Waals surface area (Å²) < 4.78 is 23.3. The van der Waals surface area contributed by atoms with Gasteiger partial charge < -0.3 is 14.6 Å². The Balaban J connectivity index is 1.66. The molecule has 0 aliphatic rings. The highest BCUT2D eigenvalue weighted by molar-refractivity contribution is 7.85. The normalized spacial score (nSPS) is 11.5. The molecule has 0 radical (unpaired) electrons. The summed E-state index contributed by atoms with van der Waals surface area (Å²) in [5.41, 5.74) is 1.59. The minimum Gasteiger partial charge on any atom is -0.493 e. The molecular weight excluding hydrogens is 492 g/mol. The van der Waals surface area contributed by atoms with E-state index in [4.69, 9.17) is 14.6 Å². The number of ether oxygens (including phenoxy) is 2. The monoisotopic (exact) mass is 522 g/mol. The maximum absolute atomic E-state index is 13.1. The van der Waals surface area contributed by atoms with Crippen LogP contribution in [0.15, 0.2) is 77.7 Å². The maximum atomic E-state index is 13.1. The number of ketones is 1. The van der Waals surface area contributed by atoms with Crippen molar-refractivity contribution in [3.63, 3.8) is 0 Å². The van der Waals surface area contributed by atoms with E-state index in [9.17, 15) is 18.6 Å². The lowest BCUT2D eigenvalue weighted by Crippen LogP contribution is -2.09. The van der Waals surface area contributed by atoms with Crippen molar-refractivity contribution in [1.29, 1.82) is 0 Å². The molecule has 1 unspecified atom stereocenters. The largest absolute Gasteiger partial charge is 0.493 e. The van der Waals surface area contributed by atoms with Crippen molar-refractivity contribution in [3.8, 4) is 5.75 Å². The van der Waals surface area contributed by atoms with Crippen molar-refractivity contribution in [3.05, 3.63) is 95.1 Å². The van der Waals surface area contributed by atoms with Crippen LogP contribution in [0.1, 0.15) is 58.0 Å². The van der Waals surface area contributed by atoms with Gasteiger partial charge in [-0.3, -0.25) is 13.8 Å². The molecule has 3 aromatic carbocycles. The molecule has 0 amide bonds. The number of carboxylic acids is 1. The smallest absolute Gasteiger partial charge is 0.338 e. The topological polar surface area (TPSA) is 107 Å². The Morgan fingerprint density at radius 3 is 2.32 bits per heavy atom. The summed E-state index contributed by atoms with van der Waals surface area (Å²) in [6, 6.07) is 20.5. The van der Waals surface area contributed by atoms with Gasteiger partial charge in [0.2, 0.25) is 0 Å². The molecule has 3 aromatic rings. The van der Waals surface area contributed by atoms with Crippen molar-refractivity contribution in [2.75, 3.05) is 19.0 Å². The summed E-state index contributed by atoms with van der Waals surface area (Å²) in [4.78, 5) is 37.1. The number of carboxylic acid groups (broad SMARTS) is 1. The van der Waals surface area contributed by atoms with E-state index in [-0.39, 0.29) is 30.8 Å². The summed E-state index contributed by atoms with van der Waals surface area (Å²) in [6.45, 7) is 2.32. The van der Waals surface area contributed by atoms with Crippen LogP contribution in [0.25, 0.3) is 0 Å². The number of hydrogen-bond donors (Lipinski definition) is 1. The van der Waals surface area contributed by atoms with Crippen LogP contribution in [-0.4, -0.2) is 46.0 Å². The number of carbonyl (C=O) groups is 3. The highest BCUT2D eigenvalue weighted by Gasteiger charge is 2.16. The summed E-state index contributed by atoms with van der Waals surface area (Å²) in [5.74, 6) is -0.707. The quantitative estimate of drug-likeness (QED) is 0.179. The molecule has 7 nitrogen and oxygen atoms in total. The molecule has 0 bridgehead atoms. The molecule has 37 heavy (non-hydrogen) atoms. The summed E-state index contributed by atoms with van der Waals surface area (Å²) in [5, 5.41) is 9.16. The van der Waals surface area contributed by atoms with Gasteiger partial charge in [-0.15, -0.1) is 0 Å². The second-order valence-corrected chi connectivity index (χ2v) is 9.84. The van der Waals surface area contributed by atoms with Gasteiger partial charge in [0.25, 0.3) is 0 Å². The van der Waals surface area contributed by atoms with Gasteiger partial charge in [-0.25, -0.2) is 4.79 Å². The Kier molecular flexibility index (Phi) is 10.6. The van der Waals surface area contributed by atoms with Crippen LogP contribution in [0.2, 0.25) is 0 Å². The third-order valence-electron chi connectivity index (χ3n) is 5.55. The zero-order valence-electron chi connectivity index (χ0n) is 20.7. The van der Waals surface area contributed by atoms with Gasteiger partial charge in [0, 0.05) is 28.2 Å². The molecule has 0 saturated carbocycles. The van der Waals surface area contributed by atoms with Crippen LogP contribution in [0.3, 0.4) is 0 Å². The highest BCUT2D eigenvalue weighted by atomic mass is 32.2. The number of esters is 1. The summed E-state index contributed by atoms with van der Waals surface area (Å²) in [7, 11) is -1.06. The van der Waals surface area contributed by atoms with E-state index in [0.29, 0.717) is 47.6 Å². The van der Waals surface area contributed by atoms with E-state index in [1.54, 1.807) is 43.3 Å². The van der Waals surface area contributed by atoms with Crippen LogP contribution >= 0.6 is 0 Å². The lowest BCUT2D eigenvalue weighted by molar-refractivity contribution is -0.136. The van der Waals surface area contributed by atoms with Gasteiger partial charge >= 0.3 is 11.9 Å². The predicted molar refractivity (Wildman–Crippen MR) is 141 cm³/mol. The van der Waals surface area contributed by atoms with Gasteiger partial charge in [-0.05, 0) is 74.2 Å². The third-order valence-corrected chi connectivity index (χ3v) is 7.01. The Morgan fingerprint density at radius 2 is 1.59 bits per heavy atom. The fraction of sp³-hybridized carbons (Fsp3) is 0.276. The molecule has 0 saturated heterocycles. The Labute approximate surface area is 218 Å². The SMILES string of the molecule is CCOC(=O)c1cccc(C(=O)c2ccc(OCCCCS(=O)c3ccccc3)c(CCC(=O)O)c2)c1. The minimum atomic E-state index is -1.06. The molecule has 0 fully saturated rings. The van der Waals surface area contributed by atoms with E-state index in [1.807, 2.05) is 30.3 Å². The van der Waals surface area contributed by atoms with Crippen molar-refractivity contribution in [2.24, 2.45) is 0 Å². The van der Waals surface area contributed by atoms with Crippen LogP contribution in [0.5, 0.6) is 5.75 Å². The number of hydrogen-bond acceptors (Lipinski definition) is 6. The van der Waals surface area contributed by atoms with Gasteiger partial charge in [-0.1, -0.05) is 30.3 Å². The number of benzene rings is 3. The van der Waals surface area contributed by atoms with Crippen molar-refractivity contribution >= 4 is 28.5 Å². The molecule has 0 heterocycles.